The van der Waals surface area contributed by atoms with Gasteiger partial charge in [0.05, 0.1) is 11.1 Å². The van der Waals surface area contributed by atoms with Crippen LogP contribution in [0.15, 0.2) is 72.9 Å². The maximum absolute atomic E-state index is 13.3. The fourth-order valence-electron chi connectivity index (χ4n) is 4.56. The molecular weight excluding hydrogens is 382 g/mol. The number of amides is 1. The summed E-state index contributed by atoms with van der Waals surface area (Å²) in [5.74, 6) is 0.717. The molecule has 0 unspecified atom stereocenters. The second-order valence-corrected chi connectivity index (χ2v) is 8.56. The van der Waals surface area contributed by atoms with Crippen molar-refractivity contribution in [3.8, 4) is 11.1 Å². The molecule has 0 saturated heterocycles. The van der Waals surface area contributed by atoms with Gasteiger partial charge in [-0.2, -0.15) is 0 Å². The summed E-state index contributed by atoms with van der Waals surface area (Å²) < 4.78 is 0. The van der Waals surface area contributed by atoms with Gasteiger partial charge in [-0.1, -0.05) is 42.5 Å². The number of carbonyl (C=O) groups is 1. The number of aromatic nitrogens is 2. The molecule has 0 atom stereocenters. The summed E-state index contributed by atoms with van der Waals surface area (Å²) in [4.78, 5) is 24.6. The van der Waals surface area contributed by atoms with Gasteiger partial charge in [0, 0.05) is 48.4 Å². The Hall–Kier alpha value is -3.53. The lowest BCUT2D eigenvalue weighted by molar-refractivity contribution is 0.0780. The van der Waals surface area contributed by atoms with E-state index in [4.69, 9.17) is 4.98 Å². The highest BCUT2D eigenvalue weighted by Gasteiger charge is 2.31. The van der Waals surface area contributed by atoms with E-state index >= 15 is 0 Å². The summed E-state index contributed by atoms with van der Waals surface area (Å²) in [5, 5.41) is 1.14. The van der Waals surface area contributed by atoms with Crippen molar-refractivity contribution in [2.24, 2.45) is 0 Å². The first kappa shape index (κ1) is 18.3. The minimum atomic E-state index is 0.121. The van der Waals surface area contributed by atoms with E-state index in [-0.39, 0.29) is 5.91 Å². The standard InChI is InChI=1S/C27H23N3O/c31-27-26-21(5-3-6-23(26)20-12-14-28-25(16-20)19-8-9-19)17-30(27)15-13-22-11-10-18-4-1-2-7-24(18)29-22/h1-7,10-12,14,16,19H,8-9,13,15,17H2. The van der Waals surface area contributed by atoms with Crippen LogP contribution in [0, 0.1) is 0 Å². The first-order valence-corrected chi connectivity index (χ1v) is 11.0. The molecule has 1 fully saturated rings. The predicted molar refractivity (Wildman–Crippen MR) is 122 cm³/mol. The summed E-state index contributed by atoms with van der Waals surface area (Å²) >= 11 is 0. The molecule has 2 aromatic carbocycles. The van der Waals surface area contributed by atoms with Crippen LogP contribution in [-0.4, -0.2) is 27.3 Å². The normalized spacial score (nSPS) is 15.5. The van der Waals surface area contributed by atoms with Crippen LogP contribution in [0.2, 0.25) is 0 Å². The molecule has 2 aromatic heterocycles. The third-order valence-corrected chi connectivity index (χ3v) is 6.39. The topological polar surface area (TPSA) is 46.1 Å². The van der Waals surface area contributed by atoms with Gasteiger partial charge >= 0.3 is 0 Å². The van der Waals surface area contributed by atoms with Gasteiger partial charge in [0.15, 0.2) is 0 Å². The van der Waals surface area contributed by atoms with Crippen LogP contribution in [-0.2, 0) is 13.0 Å². The molecule has 1 aliphatic carbocycles. The maximum Gasteiger partial charge on any atom is 0.255 e. The van der Waals surface area contributed by atoms with Crippen LogP contribution in [0.5, 0.6) is 0 Å². The average Bonchev–Trinajstić information content (AvgIpc) is 3.62. The van der Waals surface area contributed by atoms with Crippen LogP contribution in [0.4, 0.5) is 0 Å². The Labute approximate surface area is 181 Å². The monoisotopic (exact) mass is 405 g/mol. The van der Waals surface area contributed by atoms with Gasteiger partial charge < -0.3 is 4.90 Å². The number of rotatable bonds is 5. The SMILES string of the molecule is O=C1c2c(cccc2-c2ccnc(C3CC3)c2)CN1CCc1ccc2ccccc2n1. The van der Waals surface area contributed by atoms with Gasteiger partial charge in [-0.15, -0.1) is 0 Å². The smallest absolute Gasteiger partial charge is 0.255 e. The quantitative estimate of drug-likeness (QED) is 0.448. The van der Waals surface area contributed by atoms with Gasteiger partial charge in [0.25, 0.3) is 5.91 Å². The van der Waals surface area contributed by atoms with Crippen molar-refractivity contribution < 1.29 is 4.79 Å². The third kappa shape index (κ3) is 3.38. The molecule has 3 heterocycles. The number of nitrogens with zero attached hydrogens (tertiary/aromatic N) is 3. The summed E-state index contributed by atoms with van der Waals surface area (Å²) in [6.45, 7) is 1.33. The van der Waals surface area contributed by atoms with Gasteiger partial charge in [-0.3, -0.25) is 14.8 Å². The van der Waals surface area contributed by atoms with Gasteiger partial charge in [0.1, 0.15) is 0 Å². The molecule has 4 nitrogen and oxygen atoms in total. The van der Waals surface area contributed by atoms with Crippen molar-refractivity contribution in [1.29, 1.82) is 0 Å². The van der Waals surface area contributed by atoms with Crippen molar-refractivity contribution in [2.45, 2.75) is 31.7 Å². The fourth-order valence-corrected chi connectivity index (χ4v) is 4.56. The molecule has 1 amide bonds. The molecule has 0 radical (unpaired) electrons. The summed E-state index contributed by atoms with van der Waals surface area (Å²) in [6, 6.07) is 22.7. The highest BCUT2D eigenvalue weighted by Crippen LogP contribution is 2.41. The Morgan fingerprint density at radius 3 is 2.77 bits per heavy atom. The van der Waals surface area contributed by atoms with E-state index in [0.717, 1.165) is 51.0 Å². The molecule has 2 aliphatic rings. The molecule has 152 valence electrons. The number of hydrogen-bond acceptors (Lipinski definition) is 3. The van der Waals surface area contributed by atoms with E-state index in [2.05, 4.69) is 47.4 Å². The summed E-state index contributed by atoms with van der Waals surface area (Å²) in [7, 11) is 0. The summed E-state index contributed by atoms with van der Waals surface area (Å²) in [6.07, 6.45) is 5.07. The lowest BCUT2D eigenvalue weighted by atomic mass is 9.96. The molecule has 1 saturated carbocycles. The minimum Gasteiger partial charge on any atom is -0.334 e. The van der Waals surface area contributed by atoms with E-state index in [0.29, 0.717) is 19.0 Å². The predicted octanol–water partition coefficient (Wildman–Crippen LogP) is 5.37. The van der Waals surface area contributed by atoms with Crippen LogP contribution in [0.25, 0.3) is 22.0 Å². The number of hydrogen-bond donors (Lipinski definition) is 0. The zero-order valence-corrected chi connectivity index (χ0v) is 17.3. The number of carbonyl (C=O) groups excluding carboxylic acids is 1. The Kier molecular flexibility index (Phi) is 4.30. The van der Waals surface area contributed by atoms with Crippen molar-refractivity contribution in [2.75, 3.05) is 6.54 Å². The molecule has 31 heavy (non-hydrogen) atoms. The molecule has 0 N–H and O–H groups in total. The Bertz CT molecular complexity index is 1310. The number of para-hydroxylation sites is 1. The van der Waals surface area contributed by atoms with Crippen LogP contribution < -0.4 is 0 Å². The first-order chi connectivity index (χ1) is 15.3. The lowest BCUT2D eigenvalue weighted by Gasteiger charge is -2.15. The van der Waals surface area contributed by atoms with Crippen LogP contribution in [0.1, 0.15) is 46.1 Å². The molecule has 6 rings (SSSR count). The molecule has 0 bridgehead atoms. The number of fused-ring (bicyclic) bond motifs is 2. The Balaban J connectivity index is 1.25. The zero-order chi connectivity index (χ0) is 20.8. The lowest BCUT2D eigenvalue weighted by Crippen LogP contribution is -2.26. The molecule has 0 spiro atoms. The third-order valence-electron chi connectivity index (χ3n) is 6.39. The Morgan fingerprint density at radius 1 is 0.968 bits per heavy atom. The molecule has 4 heteroatoms. The number of pyridine rings is 2. The van der Waals surface area contributed by atoms with Crippen molar-refractivity contribution in [3.05, 3.63) is 95.4 Å². The molecule has 1 aliphatic heterocycles. The average molecular weight is 406 g/mol. The Morgan fingerprint density at radius 2 is 1.87 bits per heavy atom. The van der Waals surface area contributed by atoms with Crippen LogP contribution >= 0.6 is 0 Å². The maximum atomic E-state index is 13.3. The first-order valence-electron chi connectivity index (χ1n) is 11.0. The van der Waals surface area contributed by atoms with E-state index in [1.807, 2.05) is 35.4 Å². The minimum absolute atomic E-state index is 0.121. The van der Waals surface area contributed by atoms with E-state index in [9.17, 15) is 4.79 Å². The molecule has 4 aromatic rings. The fraction of sp³-hybridized carbons (Fsp3) is 0.222. The summed E-state index contributed by atoms with van der Waals surface area (Å²) in [5.41, 5.74) is 7.26. The van der Waals surface area contributed by atoms with Gasteiger partial charge in [0.2, 0.25) is 0 Å². The molecular formula is C27H23N3O. The largest absolute Gasteiger partial charge is 0.334 e. The van der Waals surface area contributed by atoms with Gasteiger partial charge in [-0.05, 0) is 53.8 Å². The van der Waals surface area contributed by atoms with E-state index in [1.165, 1.54) is 12.8 Å². The van der Waals surface area contributed by atoms with Crippen molar-refractivity contribution in [3.63, 3.8) is 0 Å². The van der Waals surface area contributed by atoms with Crippen molar-refractivity contribution >= 4 is 16.8 Å². The van der Waals surface area contributed by atoms with E-state index < -0.39 is 0 Å². The van der Waals surface area contributed by atoms with E-state index in [1.54, 1.807) is 0 Å². The van der Waals surface area contributed by atoms with Gasteiger partial charge in [-0.25, -0.2) is 0 Å². The van der Waals surface area contributed by atoms with Crippen molar-refractivity contribution in [1.82, 2.24) is 14.9 Å². The van der Waals surface area contributed by atoms with Crippen LogP contribution in [0.3, 0.4) is 0 Å². The zero-order valence-electron chi connectivity index (χ0n) is 17.3. The number of benzene rings is 2. The second-order valence-electron chi connectivity index (χ2n) is 8.56. The highest BCUT2D eigenvalue weighted by atomic mass is 16.2. The highest BCUT2D eigenvalue weighted by molar-refractivity contribution is 6.04. The second kappa shape index (κ2) is 7.31.